The van der Waals surface area contributed by atoms with Crippen LogP contribution in [0.1, 0.15) is 17.0 Å². The van der Waals surface area contributed by atoms with Gasteiger partial charge in [0.1, 0.15) is 11.5 Å². The Balaban J connectivity index is 2.10. The van der Waals surface area contributed by atoms with Gasteiger partial charge in [0.15, 0.2) is 5.75 Å². The number of para-hydroxylation sites is 1. The highest BCUT2D eigenvalue weighted by atomic mass is 35.5. The van der Waals surface area contributed by atoms with Crippen LogP contribution < -0.4 is 10.4 Å². The van der Waals surface area contributed by atoms with E-state index in [4.69, 9.17) is 26.2 Å². The van der Waals surface area contributed by atoms with Crippen LogP contribution in [0, 0.1) is 22.7 Å². The highest BCUT2D eigenvalue weighted by Gasteiger charge is 2.41. The molecule has 6 heteroatoms. The molecule has 5 nitrogen and oxygen atoms in total. The van der Waals surface area contributed by atoms with Gasteiger partial charge < -0.3 is 9.15 Å². The average molecular weight is 351 g/mol. The number of nitriles is 1. The van der Waals surface area contributed by atoms with Gasteiger partial charge in [-0.15, -0.1) is 0 Å². The molecule has 0 amide bonds. The number of halogens is 1. The number of rotatable bonds is 1. The lowest BCUT2D eigenvalue weighted by molar-refractivity contribution is 0.431. The van der Waals surface area contributed by atoms with Gasteiger partial charge in [-0.25, -0.2) is 4.79 Å². The van der Waals surface area contributed by atoms with Crippen LogP contribution in [0.3, 0.4) is 0 Å². The number of ether oxygens (including phenoxy) is 1. The van der Waals surface area contributed by atoms with E-state index in [0.717, 1.165) is 0 Å². The van der Waals surface area contributed by atoms with Gasteiger partial charge in [-0.05, 0) is 23.8 Å². The fourth-order valence-electron chi connectivity index (χ4n) is 3.20. The number of fused-ring (bicyclic) bond motifs is 3. The second kappa shape index (κ2) is 5.76. The summed E-state index contributed by atoms with van der Waals surface area (Å²) >= 11 is 6.31. The first-order valence-corrected chi connectivity index (χ1v) is 7.95. The molecule has 0 radical (unpaired) electrons. The molecule has 2 aromatic carbocycles. The maximum absolute atomic E-state index is 12.7. The summed E-state index contributed by atoms with van der Waals surface area (Å²) in [6.07, 6.45) is 0. The maximum atomic E-state index is 12.7. The monoisotopic (exact) mass is 350 g/mol. The molecule has 2 heterocycles. The first-order valence-electron chi connectivity index (χ1n) is 7.58. The van der Waals surface area contributed by atoms with Crippen molar-refractivity contribution in [3.63, 3.8) is 0 Å². The first kappa shape index (κ1) is 15.4. The van der Waals surface area contributed by atoms with Crippen molar-refractivity contribution in [2.75, 3.05) is 0 Å². The highest BCUT2D eigenvalue weighted by molar-refractivity contribution is 6.31. The third kappa shape index (κ3) is 2.31. The van der Waals surface area contributed by atoms with Gasteiger partial charge in [0, 0.05) is 10.9 Å². The fraction of sp³-hybridized carbons (Fsp3) is 0.105. The highest BCUT2D eigenvalue weighted by Crippen LogP contribution is 2.44. The summed E-state index contributed by atoms with van der Waals surface area (Å²) in [5.74, 6) is -1.64. The molecule has 122 valence electrons. The second-order valence-corrected chi connectivity index (χ2v) is 6.11. The summed E-state index contributed by atoms with van der Waals surface area (Å²) in [6.45, 7) is 0. The average Bonchev–Trinajstić information content (AvgIpc) is 2.61. The normalized spacial score (nSPS) is 19.1. The van der Waals surface area contributed by atoms with E-state index < -0.39 is 17.5 Å². The molecule has 1 aliphatic rings. The van der Waals surface area contributed by atoms with Crippen LogP contribution in [0.4, 0.5) is 0 Å². The molecule has 0 fully saturated rings. The van der Waals surface area contributed by atoms with E-state index in [-0.39, 0.29) is 17.2 Å². The lowest BCUT2D eigenvalue weighted by atomic mass is 9.79. The summed E-state index contributed by atoms with van der Waals surface area (Å²) in [5, 5.41) is 18.7. The smallest absolute Gasteiger partial charge is 0.343 e. The van der Waals surface area contributed by atoms with E-state index in [1.165, 1.54) is 0 Å². The molecule has 0 saturated carbocycles. The third-order valence-electron chi connectivity index (χ3n) is 4.32. The van der Waals surface area contributed by atoms with Crippen LogP contribution in [-0.4, -0.2) is 5.90 Å². The molecule has 1 aliphatic heterocycles. The Morgan fingerprint density at radius 2 is 1.84 bits per heavy atom. The van der Waals surface area contributed by atoms with Gasteiger partial charge in [0.2, 0.25) is 5.90 Å². The first-order chi connectivity index (χ1) is 12.1. The van der Waals surface area contributed by atoms with Gasteiger partial charge >= 0.3 is 5.63 Å². The molecule has 0 spiro atoms. The lowest BCUT2D eigenvalue weighted by Gasteiger charge is -2.30. The van der Waals surface area contributed by atoms with E-state index in [2.05, 4.69) is 6.07 Å². The molecular weight excluding hydrogens is 340 g/mol. The van der Waals surface area contributed by atoms with Crippen LogP contribution in [-0.2, 0) is 0 Å². The van der Waals surface area contributed by atoms with Gasteiger partial charge in [0.05, 0.1) is 17.0 Å². The van der Waals surface area contributed by atoms with Gasteiger partial charge in [-0.1, -0.05) is 41.9 Å². The van der Waals surface area contributed by atoms with E-state index in [0.29, 0.717) is 21.6 Å². The van der Waals surface area contributed by atoms with Crippen molar-refractivity contribution >= 4 is 28.5 Å². The minimum absolute atomic E-state index is 0.212. The topological polar surface area (TPSA) is 87.1 Å². The Morgan fingerprint density at radius 3 is 2.60 bits per heavy atom. The van der Waals surface area contributed by atoms with Crippen molar-refractivity contribution in [3.05, 3.63) is 75.1 Å². The zero-order valence-electron chi connectivity index (χ0n) is 12.8. The predicted molar refractivity (Wildman–Crippen MR) is 93.2 cm³/mol. The van der Waals surface area contributed by atoms with Crippen molar-refractivity contribution < 1.29 is 9.15 Å². The molecule has 25 heavy (non-hydrogen) atoms. The minimum Gasteiger partial charge on any atom is -0.441 e. The van der Waals surface area contributed by atoms with Crippen LogP contribution >= 0.6 is 11.6 Å². The lowest BCUT2D eigenvalue weighted by Crippen LogP contribution is -2.34. The summed E-state index contributed by atoms with van der Waals surface area (Å²) in [5.41, 5.74) is 0.584. The molecule has 0 aliphatic carbocycles. The van der Waals surface area contributed by atoms with E-state index in [1.807, 2.05) is 0 Å². The van der Waals surface area contributed by atoms with Crippen LogP contribution in [0.5, 0.6) is 5.75 Å². The number of hydrogen-bond acceptors (Lipinski definition) is 5. The van der Waals surface area contributed by atoms with Gasteiger partial charge in [-0.2, -0.15) is 5.26 Å². The minimum atomic E-state index is -0.962. The number of nitrogens with one attached hydrogen (secondary N) is 1. The van der Waals surface area contributed by atoms with Crippen molar-refractivity contribution in [1.29, 1.82) is 10.7 Å². The Morgan fingerprint density at radius 1 is 1.12 bits per heavy atom. The summed E-state index contributed by atoms with van der Waals surface area (Å²) in [7, 11) is 0. The van der Waals surface area contributed by atoms with E-state index in [1.54, 1.807) is 48.5 Å². The molecule has 2 unspecified atom stereocenters. The van der Waals surface area contributed by atoms with Crippen LogP contribution in [0.2, 0.25) is 5.02 Å². The summed E-state index contributed by atoms with van der Waals surface area (Å²) < 4.78 is 11.0. The van der Waals surface area contributed by atoms with E-state index >= 15 is 0 Å². The zero-order chi connectivity index (χ0) is 17.6. The molecular formula is C19H11ClN2O3. The molecule has 1 N–H and O–H groups in total. The molecule has 2 atom stereocenters. The zero-order valence-corrected chi connectivity index (χ0v) is 13.6. The fourth-order valence-corrected chi connectivity index (χ4v) is 3.45. The SMILES string of the molecule is N#CC1C(=N)Oc2c(c(=O)oc3ccccc23)C1c1ccccc1Cl. The van der Waals surface area contributed by atoms with Gasteiger partial charge in [-0.3, -0.25) is 5.41 Å². The standard InChI is InChI=1S/C19H11ClN2O3/c20-13-7-3-1-5-10(13)15-12(9-21)18(22)25-17-11-6-2-4-8-14(11)24-19(23)16(15)17/h1-8,12,15,22H. The predicted octanol–water partition coefficient (Wildman–Crippen LogP) is 4.09. The van der Waals surface area contributed by atoms with Crippen molar-refractivity contribution in [1.82, 2.24) is 0 Å². The molecule has 3 aromatic rings. The van der Waals surface area contributed by atoms with Crippen molar-refractivity contribution in [2.24, 2.45) is 5.92 Å². The van der Waals surface area contributed by atoms with Crippen LogP contribution in [0.15, 0.2) is 57.7 Å². The van der Waals surface area contributed by atoms with Gasteiger partial charge in [0.25, 0.3) is 0 Å². The number of hydrogen-bond donors (Lipinski definition) is 1. The second-order valence-electron chi connectivity index (χ2n) is 5.70. The Hall–Kier alpha value is -3.10. The molecule has 4 rings (SSSR count). The largest absolute Gasteiger partial charge is 0.441 e. The number of benzene rings is 2. The Labute approximate surface area is 147 Å². The Kier molecular flexibility index (Phi) is 3.56. The Bertz CT molecular complexity index is 1110. The molecule has 0 saturated heterocycles. The third-order valence-corrected chi connectivity index (χ3v) is 4.66. The van der Waals surface area contributed by atoms with Crippen LogP contribution in [0.25, 0.3) is 11.0 Å². The quantitative estimate of drug-likeness (QED) is 0.669. The molecule has 0 bridgehead atoms. The van der Waals surface area contributed by atoms with Crippen molar-refractivity contribution in [2.45, 2.75) is 5.92 Å². The summed E-state index contributed by atoms with van der Waals surface area (Å²) in [4.78, 5) is 12.7. The maximum Gasteiger partial charge on any atom is 0.343 e. The molecule has 1 aromatic heterocycles. The summed E-state index contributed by atoms with van der Waals surface area (Å²) in [6, 6.07) is 16.0. The van der Waals surface area contributed by atoms with Crippen molar-refractivity contribution in [3.8, 4) is 11.8 Å². The number of nitrogens with zero attached hydrogens (tertiary/aromatic N) is 1. The van der Waals surface area contributed by atoms with E-state index in [9.17, 15) is 10.1 Å².